The lowest BCUT2D eigenvalue weighted by molar-refractivity contribution is 0.307. The Hall–Kier alpha value is -1.20. The van der Waals surface area contributed by atoms with E-state index in [-0.39, 0.29) is 0 Å². The third kappa shape index (κ3) is 2.90. The quantitative estimate of drug-likeness (QED) is 0.923. The van der Waals surface area contributed by atoms with E-state index in [2.05, 4.69) is 43.9 Å². The predicted octanol–water partition coefficient (Wildman–Crippen LogP) is 3.35. The van der Waals surface area contributed by atoms with Gasteiger partial charge in [-0.05, 0) is 53.4 Å². The highest BCUT2D eigenvalue weighted by Crippen LogP contribution is 2.33. The monoisotopic (exact) mass is 348 g/mol. The highest BCUT2D eigenvalue weighted by atomic mass is 79.9. The van der Waals surface area contributed by atoms with Crippen LogP contribution >= 0.6 is 15.9 Å². The molecule has 21 heavy (non-hydrogen) atoms. The number of anilines is 1. The summed E-state index contributed by atoms with van der Waals surface area (Å²) in [4.78, 5) is 11.4. The Bertz CT molecular complexity index is 631. The summed E-state index contributed by atoms with van der Waals surface area (Å²) in [6.45, 7) is 0.761. The van der Waals surface area contributed by atoms with E-state index < -0.39 is 0 Å². The topological polar surface area (TPSA) is 55.0 Å². The summed E-state index contributed by atoms with van der Waals surface area (Å²) in [6.07, 6.45) is 8.72. The predicted molar refractivity (Wildman–Crippen MR) is 90.4 cm³/mol. The van der Waals surface area contributed by atoms with Crippen molar-refractivity contribution in [2.24, 2.45) is 11.7 Å². The highest BCUT2D eigenvalue weighted by Gasteiger charge is 2.28. The van der Waals surface area contributed by atoms with Gasteiger partial charge >= 0.3 is 0 Å². The molecule has 2 aromatic rings. The van der Waals surface area contributed by atoms with Crippen LogP contribution in [0.2, 0.25) is 0 Å². The molecule has 2 aromatic heterocycles. The average Bonchev–Trinajstić information content (AvgIpc) is 2.53. The Kier molecular flexibility index (Phi) is 4.40. The van der Waals surface area contributed by atoms with Crippen LogP contribution in [0.15, 0.2) is 29.0 Å². The third-order valence-corrected chi connectivity index (χ3v) is 5.01. The number of aromatic nitrogens is 2. The van der Waals surface area contributed by atoms with Gasteiger partial charge < -0.3 is 10.6 Å². The van der Waals surface area contributed by atoms with Gasteiger partial charge in [0.25, 0.3) is 0 Å². The number of halogens is 1. The second-order valence-electron chi connectivity index (χ2n) is 5.81. The van der Waals surface area contributed by atoms with Crippen LogP contribution in [-0.4, -0.2) is 29.6 Å². The lowest BCUT2D eigenvalue weighted by Crippen LogP contribution is -2.43. The van der Waals surface area contributed by atoms with Crippen molar-refractivity contribution in [1.29, 1.82) is 0 Å². The molecule has 0 bridgehead atoms. The maximum Gasteiger partial charge on any atom is 0.112 e. The Morgan fingerprint density at radius 2 is 2.14 bits per heavy atom. The minimum absolute atomic E-state index is 0.500. The van der Waals surface area contributed by atoms with E-state index in [0.29, 0.717) is 12.0 Å². The molecule has 0 radical (unpaired) electrons. The molecule has 0 saturated heterocycles. The first-order valence-corrected chi connectivity index (χ1v) is 8.33. The first-order valence-electron chi connectivity index (χ1n) is 7.54. The van der Waals surface area contributed by atoms with Gasteiger partial charge in [0.05, 0.1) is 11.2 Å². The summed E-state index contributed by atoms with van der Waals surface area (Å²) in [6, 6.07) is 4.58. The lowest BCUT2D eigenvalue weighted by Gasteiger charge is -2.39. The second kappa shape index (κ2) is 6.28. The summed E-state index contributed by atoms with van der Waals surface area (Å²) < 4.78 is 0.958. The number of hydrogen-bond donors (Lipinski definition) is 1. The van der Waals surface area contributed by atoms with Crippen molar-refractivity contribution in [1.82, 2.24) is 9.97 Å². The van der Waals surface area contributed by atoms with Crippen LogP contribution in [-0.2, 0) is 0 Å². The summed E-state index contributed by atoms with van der Waals surface area (Å²) in [7, 11) is 2.16. The van der Waals surface area contributed by atoms with Gasteiger partial charge in [0.1, 0.15) is 5.52 Å². The van der Waals surface area contributed by atoms with E-state index in [0.717, 1.165) is 27.7 Å². The molecule has 1 saturated carbocycles. The zero-order valence-corrected chi connectivity index (χ0v) is 13.9. The maximum absolute atomic E-state index is 5.98. The Labute approximate surface area is 133 Å². The number of nitrogens with zero attached hydrogens (tertiary/aromatic N) is 3. The minimum atomic E-state index is 0.500. The third-order valence-electron chi connectivity index (χ3n) is 4.57. The van der Waals surface area contributed by atoms with Crippen LogP contribution in [0.4, 0.5) is 5.69 Å². The van der Waals surface area contributed by atoms with E-state index in [1.165, 1.54) is 25.7 Å². The standard InChI is InChI=1S/C16H21BrN4/c1-21(14-5-3-2-4-11(14)9-18)15-6-7-19-13-8-12(17)10-20-16(13)15/h6-8,10-11,14H,2-5,9,18H2,1H3. The van der Waals surface area contributed by atoms with Crippen molar-refractivity contribution in [3.8, 4) is 0 Å². The number of rotatable bonds is 3. The van der Waals surface area contributed by atoms with Crippen LogP contribution in [0.3, 0.4) is 0 Å². The van der Waals surface area contributed by atoms with Crippen molar-refractivity contribution in [3.05, 3.63) is 29.0 Å². The number of nitrogens with two attached hydrogens (primary N) is 1. The molecule has 3 rings (SSSR count). The molecular weight excluding hydrogens is 328 g/mol. The number of pyridine rings is 2. The van der Waals surface area contributed by atoms with Crippen molar-refractivity contribution in [3.63, 3.8) is 0 Å². The molecular formula is C16H21BrN4. The van der Waals surface area contributed by atoms with Crippen LogP contribution < -0.4 is 10.6 Å². The van der Waals surface area contributed by atoms with E-state index in [1.54, 1.807) is 0 Å². The van der Waals surface area contributed by atoms with Crippen molar-refractivity contribution in [2.45, 2.75) is 31.7 Å². The van der Waals surface area contributed by atoms with Gasteiger partial charge in [-0.15, -0.1) is 0 Å². The fraction of sp³-hybridized carbons (Fsp3) is 0.500. The molecule has 1 aliphatic carbocycles. The summed E-state index contributed by atoms with van der Waals surface area (Å²) >= 11 is 3.46. The average molecular weight is 349 g/mol. The van der Waals surface area contributed by atoms with E-state index in [9.17, 15) is 0 Å². The van der Waals surface area contributed by atoms with Crippen LogP contribution in [0, 0.1) is 5.92 Å². The molecule has 112 valence electrons. The van der Waals surface area contributed by atoms with Crippen molar-refractivity contribution in [2.75, 3.05) is 18.5 Å². The molecule has 5 heteroatoms. The highest BCUT2D eigenvalue weighted by molar-refractivity contribution is 9.10. The van der Waals surface area contributed by atoms with Crippen molar-refractivity contribution < 1.29 is 0 Å². The molecule has 0 amide bonds. The second-order valence-corrected chi connectivity index (χ2v) is 6.73. The molecule has 2 unspecified atom stereocenters. The summed E-state index contributed by atoms with van der Waals surface area (Å²) in [5.74, 6) is 0.572. The smallest absolute Gasteiger partial charge is 0.112 e. The Morgan fingerprint density at radius 1 is 1.33 bits per heavy atom. The first-order chi connectivity index (χ1) is 10.2. The van der Waals surface area contributed by atoms with Crippen LogP contribution in [0.5, 0.6) is 0 Å². The van der Waals surface area contributed by atoms with Crippen LogP contribution in [0.25, 0.3) is 11.0 Å². The Morgan fingerprint density at radius 3 is 2.95 bits per heavy atom. The minimum Gasteiger partial charge on any atom is -0.369 e. The molecule has 1 fully saturated rings. The van der Waals surface area contributed by atoms with Crippen LogP contribution in [0.1, 0.15) is 25.7 Å². The molecule has 2 atom stereocenters. The molecule has 0 spiro atoms. The zero-order chi connectivity index (χ0) is 14.8. The molecule has 0 aliphatic heterocycles. The fourth-order valence-electron chi connectivity index (χ4n) is 3.43. The van der Waals surface area contributed by atoms with Gasteiger partial charge in [0.2, 0.25) is 0 Å². The molecule has 0 aromatic carbocycles. The van der Waals surface area contributed by atoms with Gasteiger partial charge in [0.15, 0.2) is 0 Å². The van der Waals surface area contributed by atoms with Gasteiger partial charge in [-0.1, -0.05) is 12.8 Å². The van der Waals surface area contributed by atoms with Gasteiger partial charge in [-0.2, -0.15) is 0 Å². The maximum atomic E-state index is 5.98. The lowest BCUT2D eigenvalue weighted by atomic mass is 9.83. The molecule has 2 N–H and O–H groups in total. The van der Waals surface area contributed by atoms with Gasteiger partial charge in [-0.3, -0.25) is 9.97 Å². The summed E-state index contributed by atoms with van der Waals surface area (Å²) in [5, 5.41) is 0. The normalized spacial score (nSPS) is 22.4. The SMILES string of the molecule is CN(c1ccnc2cc(Br)cnc12)C1CCCCC1CN. The van der Waals surface area contributed by atoms with E-state index >= 15 is 0 Å². The van der Waals surface area contributed by atoms with E-state index in [4.69, 9.17) is 5.73 Å². The first kappa shape index (κ1) is 14.7. The zero-order valence-electron chi connectivity index (χ0n) is 12.3. The molecule has 1 aliphatic rings. The number of hydrogen-bond acceptors (Lipinski definition) is 4. The van der Waals surface area contributed by atoms with Gasteiger partial charge in [0, 0.05) is 30.0 Å². The fourth-order valence-corrected chi connectivity index (χ4v) is 3.75. The molecule has 2 heterocycles. The van der Waals surface area contributed by atoms with Gasteiger partial charge in [-0.25, -0.2) is 0 Å². The largest absolute Gasteiger partial charge is 0.369 e. The van der Waals surface area contributed by atoms with Crippen molar-refractivity contribution >= 4 is 32.7 Å². The molecule has 4 nitrogen and oxygen atoms in total. The van der Waals surface area contributed by atoms with E-state index in [1.807, 2.05) is 18.5 Å². The summed E-state index contributed by atoms with van der Waals surface area (Å²) in [5.41, 5.74) is 9.02. The Balaban J connectivity index is 1.99. The number of fused-ring (bicyclic) bond motifs is 1.